The number of fused-ring (bicyclic) bond motifs is 1. The van der Waals surface area contributed by atoms with Gasteiger partial charge in [0.25, 0.3) is 0 Å². The Morgan fingerprint density at radius 3 is 3.20 bits per heavy atom. The van der Waals surface area contributed by atoms with E-state index < -0.39 is 0 Å². The lowest BCUT2D eigenvalue weighted by Gasteiger charge is -2.13. The molecule has 1 aliphatic heterocycles. The zero-order valence-electron chi connectivity index (χ0n) is 9.03. The molecule has 3 heteroatoms. The van der Waals surface area contributed by atoms with E-state index in [1.807, 2.05) is 24.8 Å². The molecule has 0 saturated carbocycles. The van der Waals surface area contributed by atoms with Crippen molar-refractivity contribution in [1.29, 1.82) is 0 Å². The van der Waals surface area contributed by atoms with Crippen LogP contribution in [0.4, 0.5) is 0 Å². The van der Waals surface area contributed by atoms with Crippen molar-refractivity contribution in [3.63, 3.8) is 0 Å². The van der Waals surface area contributed by atoms with E-state index in [4.69, 9.17) is 10.5 Å². The van der Waals surface area contributed by atoms with Gasteiger partial charge in [-0.15, -0.1) is 0 Å². The van der Waals surface area contributed by atoms with Crippen LogP contribution < -0.4 is 10.5 Å². The number of benzene rings is 1. The van der Waals surface area contributed by atoms with Gasteiger partial charge in [-0.25, -0.2) is 0 Å². The van der Waals surface area contributed by atoms with Gasteiger partial charge in [-0.05, 0) is 42.4 Å². The van der Waals surface area contributed by atoms with Gasteiger partial charge < -0.3 is 10.5 Å². The molecule has 2 N–H and O–H groups in total. The average Bonchev–Trinajstić information content (AvgIpc) is 2.42. The summed E-state index contributed by atoms with van der Waals surface area (Å²) in [7, 11) is 0. The first-order valence-corrected chi connectivity index (χ1v) is 6.55. The minimum Gasteiger partial charge on any atom is -0.494 e. The highest BCUT2D eigenvalue weighted by Crippen LogP contribution is 2.31. The van der Waals surface area contributed by atoms with Gasteiger partial charge in [0, 0.05) is 11.8 Å². The molecule has 0 fully saturated rings. The van der Waals surface area contributed by atoms with Crippen molar-refractivity contribution in [3.8, 4) is 5.75 Å². The Morgan fingerprint density at radius 1 is 1.53 bits per heavy atom. The smallest absolute Gasteiger partial charge is 0.119 e. The summed E-state index contributed by atoms with van der Waals surface area (Å²) >= 11 is 1.96. The van der Waals surface area contributed by atoms with Crippen LogP contribution in [-0.2, 0) is 5.75 Å². The Labute approximate surface area is 95.2 Å². The van der Waals surface area contributed by atoms with Crippen molar-refractivity contribution >= 4 is 11.8 Å². The van der Waals surface area contributed by atoms with E-state index in [2.05, 4.69) is 12.1 Å². The molecule has 1 aromatic rings. The maximum Gasteiger partial charge on any atom is 0.119 e. The predicted octanol–water partition coefficient (Wildman–Crippen LogP) is 2.72. The van der Waals surface area contributed by atoms with Gasteiger partial charge in [-0.1, -0.05) is 6.07 Å². The maximum absolute atomic E-state index is 6.14. The van der Waals surface area contributed by atoms with E-state index in [0.29, 0.717) is 6.61 Å². The number of ether oxygens (including phenoxy) is 1. The zero-order chi connectivity index (χ0) is 10.7. The van der Waals surface area contributed by atoms with E-state index in [1.54, 1.807) is 0 Å². The van der Waals surface area contributed by atoms with Gasteiger partial charge in [-0.3, -0.25) is 0 Å². The minimum absolute atomic E-state index is 0.176. The van der Waals surface area contributed by atoms with Crippen molar-refractivity contribution in [2.75, 3.05) is 12.4 Å². The van der Waals surface area contributed by atoms with Crippen molar-refractivity contribution in [1.82, 2.24) is 0 Å². The molecule has 1 heterocycles. The second-order valence-electron chi connectivity index (χ2n) is 3.74. The van der Waals surface area contributed by atoms with Gasteiger partial charge in [-0.2, -0.15) is 11.8 Å². The topological polar surface area (TPSA) is 35.2 Å². The van der Waals surface area contributed by atoms with Crippen LogP contribution >= 0.6 is 11.8 Å². The molecule has 0 spiro atoms. The lowest BCUT2D eigenvalue weighted by atomic mass is 10.00. The molecule has 2 rings (SSSR count). The van der Waals surface area contributed by atoms with Crippen LogP contribution in [0.3, 0.4) is 0 Å². The Hall–Kier alpha value is -0.670. The van der Waals surface area contributed by atoms with Crippen LogP contribution in [0, 0.1) is 0 Å². The number of hydrogen-bond acceptors (Lipinski definition) is 3. The summed E-state index contributed by atoms with van der Waals surface area (Å²) in [6.45, 7) is 2.71. The van der Waals surface area contributed by atoms with Crippen molar-refractivity contribution in [2.45, 2.75) is 25.1 Å². The number of rotatable bonds is 2. The van der Waals surface area contributed by atoms with E-state index in [1.165, 1.54) is 11.1 Å². The highest BCUT2D eigenvalue weighted by Gasteiger charge is 2.15. The fourth-order valence-electron chi connectivity index (χ4n) is 1.85. The van der Waals surface area contributed by atoms with Gasteiger partial charge in [0.2, 0.25) is 0 Å². The van der Waals surface area contributed by atoms with E-state index in [9.17, 15) is 0 Å². The summed E-state index contributed by atoms with van der Waals surface area (Å²) in [6.07, 6.45) is 1.06. The quantitative estimate of drug-likeness (QED) is 0.837. The van der Waals surface area contributed by atoms with E-state index in [0.717, 1.165) is 23.7 Å². The standard InChI is InChI=1S/C12H17NOS/c1-2-14-10-4-3-9-8-15-6-5-12(13)11(9)7-10/h3-4,7,12H,2,5-6,8,13H2,1H3. The molecule has 0 aliphatic carbocycles. The first-order valence-electron chi connectivity index (χ1n) is 5.40. The molecule has 1 atom stereocenters. The highest BCUT2D eigenvalue weighted by molar-refractivity contribution is 7.98. The van der Waals surface area contributed by atoms with Crippen LogP contribution in [0.2, 0.25) is 0 Å². The molecule has 2 nitrogen and oxygen atoms in total. The molecule has 1 aliphatic rings. The summed E-state index contributed by atoms with van der Waals surface area (Å²) in [4.78, 5) is 0. The second kappa shape index (κ2) is 4.90. The van der Waals surface area contributed by atoms with Crippen molar-refractivity contribution in [2.24, 2.45) is 5.73 Å². The molecule has 0 aromatic heterocycles. The first kappa shape index (κ1) is 10.8. The first-order chi connectivity index (χ1) is 7.31. The van der Waals surface area contributed by atoms with Crippen LogP contribution in [0.5, 0.6) is 5.75 Å². The average molecular weight is 223 g/mol. The predicted molar refractivity (Wildman–Crippen MR) is 65.3 cm³/mol. The fraction of sp³-hybridized carbons (Fsp3) is 0.500. The SMILES string of the molecule is CCOc1ccc2c(c1)C(N)CCSC2. The Balaban J connectivity index is 2.31. The van der Waals surface area contributed by atoms with E-state index in [-0.39, 0.29) is 6.04 Å². The lowest BCUT2D eigenvalue weighted by Crippen LogP contribution is -2.11. The fourth-order valence-corrected chi connectivity index (χ4v) is 2.90. The van der Waals surface area contributed by atoms with Gasteiger partial charge >= 0.3 is 0 Å². The van der Waals surface area contributed by atoms with Gasteiger partial charge in [0.1, 0.15) is 5.75 Å². The van der Waals surface area contributed by atoms with Crippen molar-refractivity contribution < 1.29 is 4.74 Å². The van der Waals surface area contributed by atoms with Crippen LogP contribution in [0.1, 0.15) is 30.5 Å². The molecule has 0 bridgehead atoms. The zero-order valence-corrected chi connectivity index (χ0v) is 9.85. The third-order valence-corrected chi connectivity index (χ3v) is 3.70. The number of thioether (sulfide) groups is 1. The summed E-state index contributed by atoms with van der Waals surface area (Å²) < 4.78 is 5.50. The molecule has 82 valence electrons. The third kappa shape index (κ3) is 2.47. The van der Waals surface area contributed by atoms with E-state index >= 15 is 0 Å². The normalized spacial score (nSPS) is 20.5. The highest BCUT2D eigenvalue weighted by atomic mass is 32.2. The second-order valence-corrected chi connectivity index (χ2v) is 4.85. The summed E-state index contributed by atoms with van der Waals surface area (Å²) in [6, 6.07) is 6.48. The van der Waals surface area contributed by atoms with Crippen molar-refractivity contribution in [3.05, 3.63) is 29.3 Å². The Kier molecular flexibility index (Phi) is 3.54. The molecule has 1 unspecified atom stereocenters. The summed E-state index contributed by atoms with van der Waals surface area (Å²) in [5, 5.41) is 0. The summed E-state index contributed by atoms with van der Waals surface area (Å²) in [5.41, 5.74) is 8.78. The lowest BCUT2D eigenvalue weighted by molar-refractivity contribution is 0.339. The van der Waals surface area contributed by atoms with Gasteiger partial charge in [0.05, 0.1) is 6.61 Å². The monoisotopic (exact) mass is 223 g/mol. The maximum atomic E-state index is 6.14. The number of nitrogens with two attached hydrogens (primary N) is 1. The van der Waals surface area contributed by atoms with Crippen LogP contribution in [-0.4, -0.2) is 12.4 Å². The number of hydrogen-bond donors (Lipinski definition) is 1. The third-order valence-electron chi connectivity index (χ3n) is 2.66. The van der Waals surface area contributed by atoms with Gasteiger partial charge in [0.15, 0.2) is 0 Å². The molecular formula is C12H17NOS. The Morgan fingerprint density at radius 2 is 2.40 bits per heavy atom. The molecule has 0 saturated heterocycles. The largest absolute Gasteiger partial charge is 0.494 e. The summed E-state index contributed by atoms with van der Waals surface area (Å²) in [5.74, 6) is 3.17. The minimum atomic E-state index is 0.176. The van der Waals surface area contributed by atoms with Crippen LogP contribution in [0.15, 0.2) is 18.2 Å². The molecule has 15 heavy (non-hydrogen) atoms. The Bertz CT molecular complexity index is 340. The van der Waals surface area contributed by atoms with Crippen LogP contribution in [0.25, 0.3) is 0 Å². The molecule has 0 amide bonds. The molecule has 1 aromatic carbocycles. The molecular weight excluding hydrogens is 206 g/mol. The molecule has 0 radical (unpaired) electrons.